The predicted molar refractivity (Wildman–Crippen MR) is 134 cm³/mol. The normalized spacial score (nSPS) is 32.2. The van der Waals surface area contributed by atoms with E-state index < -0.39 is 43.3 Å². The maximum absolute atomic E-state index is 6.41. The van der Waals surface area contributed by atoms with Gasteiger partial charge >= 0.3 is 0 Å². The van der Waals surface area contributed by atoms with Gasteiger partial charge in [-0.2, -0.15) is 0 Å². The first kappa shape index (κ1) is 24.6. The Kier molecular flexibility index (Phi) is 7.23. The van der Waals surface area contributed by atoms with Crippen LogP contribution in [-0.2, 0) is 28.4 Å². The highest BCUT2D eigenvalue weighted by atomic mass is 35.5. The third-order valence-corrected chi connectivity index (χ3v) is 7.22. The van der Waals surface area contributed by atoms with Crippen LogP contribution in [-0.4, -0.2) is 37.6 Å². The van der Waals surface area contributed by atoms with Crippen molar-refractivity contribution in [2.24, 2.45) is 0 Å². The molecule has 6 rings (SSSR count). The van der Waals surface area contributed by atoms with Crippen LogP contribution in [0.3, 0.4) is 0 Å². The van der Waals surface area contributed by atoms with E-state index in [0.717, 1.165) is 16.7 Å². The van der Waals surface area contributed by atoms with Crippen molar-refractivity contribution in [3.8, 4) is 0 Å². The molecule has 3 aromatic carbocycles. The van der Waals surface area contributed by atoms with Crippen molar-refractivity contribution in [1.82, 2.24) is 0 Å². The van der Waals surface area contributed by atoms with E-state index >= 15 is 0 Å². The summed E-state index contributed by atoms with van der Waals surface area (Å²) in [6.07, 6.45) is -3.52. The Hall–Kier alpha value is -1.71. The van der Waals surface area contributed by atoms with Crippen molar-refractivity contribution in [2.75, 3.05) is 13.2 Å². The van der Waals surface area contributed by atoms with E-state index in [1.165, 1.54) is 0 Å². The Morgan fingerprint density at radius 2 is 0.778 bits per heavy atom. The lowest BCUT2D eigenvalue weighted by molar-refractivity contribution is -0.180. The first-order chi connectivity index (χ1) is 17.5. The molecule has 0 bridgehead atoms. The summed E-state index contributed by atoms with van der Waals surface area (Å²) >= 11 is 18.2. The average molecular weight is 550 g/mol. The molecule has 0 spiro atoms. The van der Waals surface area contributed by atoms with Crippen LogP contribution in [0.4, 0.5) is 0 Å². The fraction of sp³-hybridized carbons (Fsp3) is 0.333. The largest absolute Gasteiger partial charge is 0.346 e. The molecule has 0 N–H and O–H groups in total. The molecule has 0 aliphatic carbocycles. The van der Waals surface area contributed by atoms with E-state index in [1.807, 2.05) is 60.7 Å². The number of halogens is 3. The number of benzene rings is 3. The molecule has 3 heterocycles. The van der Waals surface area contributed by atoms with Crippen LogP contribution in [0.25, 0.3) is 0 Å². The fourth-order valence-corrected chi connectivity index (χ4v) is 5.00. The number of rotatable bonds is 3. The maximum atomic E-state index is 6.41. The van der Waals surface area contributed by atoms with Crippen molar-refractivity contribution in [2.45, 2.75) is 43.3 Å². The Morgan fingerprint density at radius 1 is 0.444 bits per heavy atom. The fourth-order valence-electron chi connectivity index (χ4n) is 4.62. The van der Waals surface area contributed by atoms with Crippen LogP contribution in [0.1, 0.15) is 35.6 Å². The summed E-state index contributed by atoms with van der Waals surface area (Å²) in [6.45, 7) is 0.473. The van der Waals surface area contributed by atoms with Crippen LogP contribution in [0.5, 0.6) is 0 Å². The Bertz CT molecular complexity index is 1100. The second-order valence-electron chi connectivity index (χ2n) is 8.87. The molecule has 9 heteroatoms. The third kappa shape index (κ3) is 5.16. The molecule has 3 unspecified atom stereocenters. The van der Waals surface area contributed by atoms with Gasteiger partial charge in [-0.1, -0.05) is 71.2 Å². The molecule has 0 amide bonds. The average Bonchev–Trinajstić information content (AvgIpc) is 3.50. The quantitative estimate of drug-likeness (QED) is 0.364. The summed E-state index contributed by atoms with van der Waals surface area (Å²) in [5.74, 6) is 0. The monoisotopic (exact) mass is 548 g/mol. The highest BCUT2D eigenvalue weighted by Crippen LogP contribution is 2.42. The number of fused-ring (bicyclic) bond motifs is 3. The van der Waals surface area contributed by atoms with Crippen molar-refractivity contribution >= 4 is 34.8 Å². The van der Waals surface area contributed by atoms with Gasteiger partial charge in [0, 0.05) is 31.8 Å². The zero-order valence-electron chi connectivity index (χ0n) is 19.0. The Balaban J connectivity index is 1.29. The van der Waals surface area contributed by atoms with Crippen LogP contribution < -0.4 is 0 Å². The van der Waals surface area contributed by atoms with Crippen LogP contribution >= 0.6 is 34.8 Å². The first-order valence-electron chi connectivity index (χ1n) is 11.6. The molecular formula is C27H23Cl3O6. The van der Waals surface area contributed by atoms with Gasteiger partial charge < -0.3 is 28.4 Å². The lowest BCUT2D eigenvalue weighted by atomic mass is 10.0. The second-order valence-corrected chi connectivity index (χ2v) is 10.2. The highest BCUT2D eigenvalue weighted by molar-refractivity contribution is 6.31. The number of hydrogen-bond acceptors (Lipinski definition) is 6. The molecule has 0 aromatic heterocycles. The number of ether oxygens (including phenoxy) is 6. The van der Waals surface area contributed by atoms with Gasteiger partial charge in [0.25, 0.3) is 0 Å². The van der Waals surface area contributed by atoms with E-state index in [9.17, 15) is 0 Å². The van der Waals surface area contributed by atoms with Crippen molar-refractivity contribution in [1.29, 1.82) is 0 Å². The van der Waals surface area contributed by atoms with Crippen LogP contribution in [0.15, 0.2) is 72.8 Å². The minimum atomic E-state index is -0.627. The van der Waals surface area contributed by atoms with Gasteiger partial charge in [0.1, 0.15) is 24.4 Å². The molecule has 7 atom stereocenters. The molecule has 188 valence electrons. The van der Waals surface area contributed by atoms with E-state index in [0.29, 0.717) is 15.1 Å². The smallest absolute Gasteiger partial charge is 0.184 e. The Morgan fingerprint density at radius 3 is 1.14 bits per heavy atom. The van der Waals surface area contributed by atoms with Crippen molar-refractivity contribution < 1.29 is 28.4 Å². The molecule has 0 saturated carbocycles. The van der Waals surface area contributed by atoms with Crippen LogP contribution in [0, 0.1) is 0 Å². The molecular weight excluding hydrogens is 527 g/mol. The van der Waals surface area contributed by atoms with E-state index in [4.69, 9.17) is 63.2 Å². The SMILES string of the molecule is Clc1ccc(C2OC[C@@H]3OC(c4ccc(Cl)cc4)O[C@@H]3[C@H]3OC(c4ccc(Cl)cc4)O[C@@H]3CO2)cc1. The van der Waals surface area contributed by atoms with Crippen molar-refractivity contribution in [3.05, 3.63) is 105 Å². The summed E-state index contributed by atoms with van der Waals surface area (Å²) in [6, 6.07) is 22.2. The second kappa shape index (κ2) is 10.6. The molecule has 3 fully saturated rings. The van der Waals surface area contributed by atoms with Crippen LogP contribution in [0.2, 0.25) is 15.1 Å². The van der Waals surface area contributed by atoms with Gasteiger partial charge in [0.2, 0.25) is 0 Å². The zero-order chi connectivity index (χ0) is 24.6. The first-order valence-corrected chi connectivity index (χ1v) is 12.8. The van der Waals surface area contributed by atoms with E-state index in [1.54, 1.807) is 12.1 Å². The molecule has 3 aliphatic rings. The zero-order valence-corrected chi connectivity index (χ0v) is 21.2. The molecule has 6 nitrogen and oxygen atoms in total. The maximum Gasteiger partial charge on any atom is 0.184 e. The van der Waals surface area contributed by atoms with E-state index in [-0.39, 0.29) is 13.2 Å². The van der Waals surface area contributed by atoms with Gasteiger partial charge in [-0.3, -0.25) is 0 Å². The topological polar surface area (TPSA) is 55.4 Å². The molecule has 0 radical (unpaired) electrons. The summed E-state index contributed by atoms with van der Waals surface area (Å²) in [5, 5.41) is 1.92. The molecule has 3 aliphatic heterocycles. The van der Waals surface area contributed by atoms with Crippen molar-refractivity contribution in [3.63, 3.8) is 0 Å². The number of hydrogen-bond donors (Lipinski definition) is 0. The Labute approximate surface area is 223 Å². The van der Waals surface area contributed by atoms with Gasteiger partial charge in [-0.05, 0) is 36.4 Å². The molecule has 3 aromatic rings. The van der Waals surface area contributed by atoms with Gasteiger partial charge in [0.05, 0.1) is 13.2 Å². The highest BCUT2D eigenvalue weighted by Gasteiger charge is 2.51. The van der Waals surface area contributed by atoms with Gasteiger partial charge in [-0.25, -0.2) is 0 Å². The van der Waals surface area contributed by atoms with Gasteiger partial charge in [0.15, 0.2) is 18.9 Å². The minimum Gasteiger partial charge on any atom is -0.346 e. The standard InChI is InChI=1S/C27H23Cl3O6/c28-18-7-1-15(2-8-18)25-31-13-21-23(35-26(33-21)16-3-9-19(29)10-4-16)24-22(14-32-25)34-27(36-24)17-5-11-20(30)12-6-17/h1-12,21-27H,13-14H2/t21-,22+,23-,24-,25?,26?,27?/m0/s1. The van der Waals surface area contributed by atoms with Gasteiger partial charge in [-0.15, -0.1) is 0 Å². The minimum absolute atomic E-state index is 0.236. The summed E-state index contributed by atoms with van der Waals surface area (Å²) in [4.78, 5) is 0. The van der Waals surface area contributed by atoms with E-state index in [2.05, 4.69) is 0 Å². The molecule has 36 heavy (non-hydrogen) atoms. The summed E-state index contributed by atoms with van der Waals surface area (Å²) in [5.41, 5.74) is 2.56. The lowest BCUT2D eigenvalue weighted by Gasteiger charge is -2.23. The lowest BCUT2D eigenvalue weighted by Crippen LogP contribution is -2.43. The third-order valence-electron chi connectivity index (χ3n) is 6.47. The molecule has 3 saturated heterocycles. The summed E-state index contributed by atoms with van der Waals surface area (Å²) < 4.78 is 37.8. The summed E-state index contributed by atoms with van der Waals surface area (Å²) in [7, 11) is 0. The predicted octanol–water partition coefficient (Wildman–Crippen LogP) is 6.66.